The first kappa shape index (κ1) is 10.4. The Labute approximate surface area is 92.1 Å². The quantitative estimate of drug-likeness (QED) is 0.711. The fourth-order valence-corrected chi connectivity index (χ4v) is 1.24. The van der Waals surface area contributed by atoms with Gasteiger partial charge in [0.05, 0.1) is 0 Å². The van der Waals surface area contributed by atoms with E-state index in [1.54, 1.807) is 24.3 Å². The molecule has 0 atom stereocenters. The Balaban J connectivity index is 2.08. The first-order chi connectivity index (χ1) is 7.78. The van der Waals surface area contributed by atoms with Crippen LogP contribution in [0.15, 0.2) is 28.7 Å². The van der Waals surface area contributed by atoms with Gasteiger partial charge in [-0.2, -0.15) is 0 Å². The molecule has 1 heterocycles. The van der Waals surface area contributed by atoms with E-state index < -0.39 is 0 Å². The number of benzene rings is 1. The zero-order valence-electron chi connectivity index (χ0n) is 8.55. The highest BCUT2D eigenvalue weighted by Crippen LogP contribution is 2.19. The van der Waals surface area contributed by atoms with Crippen LogP contribution in [-0.2, 0) is 6.42 Å². The number of aromatic hydroxyl groups is 1. The summed E-state index contributed by atoms with van der Waals surface area (Å²) in [5, 5.41) is 19.7. The molecule has 1 aromatic carbocycles. The van der Waals surface area contributed by atoms with Crippen molar-refractivity contribution in [3.63, 3.8) is 0 Å². The molecule has 0 aliphatic rings. The van der Waals surface area contributed by atoms with Crippen LogP contribution in [-0.4, -0.2) is 21.8 Å². The fourth-order valence-electron chi connectivity index (χ4n) is 1.24. The zero-order valence-corrected chi connectivity index (χ0v) is 8.55. The molecule has 0 radical (unpaired) electrons. The predicted octanol–water partition coefficient (Wildman–Crippen LogP) is 1.02. The van der Waals surface area contributed by atoms with E-state index in [1.807, 2.05) is 0 Å². The molecular formula is C10H12N4O2. The van der Waals surface area contributed by atoms with Crippen LogP contribution in [0.5, 0.6) is 5.75 Å². The van der Waals surface area contributed by atoms with Crippen LogP contribution in [0.25, 0.3) is 0 Å². The third-order valence-electron chi connectivity index (χ3n) is 1.92. The van der Waals surface area contributed by atoms with Gasteiger partial charge in [-0.3, -0.25) is 0 Å². The Bertz CT molecular complexity index is 469. The lowest BCUT2D eigenvalue weighted by Crippen LogP contribution is -2.02. The summed E-state index contributed by atoms with van der Waals surface area (Å²) in [6.45, 7) is 0.466. The smallest absolute Gasteiger partial charge is 0.320 e. The van der Waals surface area contributed by atoms with Crippen LogP contribution < -0.4 is 11.1 Å². The van der Waals surface area contributed by atoms with Crippen molar-refractivity contribution in [2.75, 3.05) is 11.9 Å². The van der Waals surface area contributed by atoms with Gasteiger partial charge in [0.25, 0.3) is 0 Å². The summed E-state index contributed by atoms with van der Waals surface area (Å²) in [6.07, 6.45) is 0.550. The second-order valence-corrected chi connectivity index (χ2v) is 3.21. The van der Waals surface area contributed by atoms with Gasteiger partial charge in [-0.15, -0.1) is 5.10 Å². The highest BCUT2D eigenvalue weighted by atomic mass is 16.4. The number of aromatic nitrogens is 2. The second kappa shape index (κ2) is 4.63. The van der Waals surface area contributed by atoms with Crippen molar-refractivity contribution in [1.82, 2.24) is 10.2 Å². The van der Waals surface area contributed by atoms with Crippen molar-refractivity contribution < 1.29 is 9.52 Å². The van der Waals surface area contributed by atoms with Gasteiger partial charge in [-0.05, 0) is 12.1 Å². The molecule has 0 unspecified atom stereocenters. The van der Waals surface area contributed by atoms with Gasteiger partial charge in [0.15, 0.2) is 0 Å². The number of nitrogens with one attached hydrogen (secondary N) is 1. The first-order valence-electron chi connectivity index (χ1n) is 4.86. The van der Waals surface area contributed by atoms with Crippen molar-refractivity contribution in [3.8, 4) is 5.75 Å². The van der Waals surface area contributed by atoms with Crippen LogP contribution in [0.3, 0.4) is 0 Å². The van der Waals surface area contributed by atoms with Gasteiger partial charge in [0, 0.05) is 24.7 Å². The van der Waals surface area contributed by atoms with Crippen molar-refractivity contribution >= 4 is 11.7 Å². The molecule has 6 heteroatoms. The molecule has 6 nitrogen and oxygen atoms in total. The van der Waals surface area contributed by atoms with Crippen molar-refractivity contribution in [1.29, 1.82) is 0 Å². The third-order valence-corrected chi connectivity index (χ3v) is 1.92. The largest absolute Gasteiger partial charge is 0.508 e. The summed E-state index contributed by atoms with van der Waals surface area (Å²) in [5.74, 6) is 0.664. The molecule has 0 bridgehead atoms. The number of nitrogens with two attached hydrogens (primary N) is 1. The minimum Gasteiger partial charge on any atom is -0.508 e. The van der Waals surface area contributed by atoms with Crippen LogP contribution >= 0.6 is 0 Å². The molecule has 84 valence electrons. The number of nitrogens with zero attached hydrogens (tertiary/aromatic N) is 2. The lowest BCUT2D eigenvalue weighted by atomic mass is 10.3. The average Bonchev–Trinajstić information content (AvgIpc) is 2.66. The molecule has 2 aromatic rings. The SMILES string of the molecule is NCCc1nnc(Nc2cccc(O)c2)o1. The molecule has 0 spiro atoms. The van der Waals surface area contributed by atoms with E-state index in [1.165, 1.54) is 0 Å². The van der Waals surface area contributed by atoms with E-state index >= 15 is 0 Å². The summed E-state index contributed by atoms with van der Waals surface area (Å²) in [5.41, 5.74) is 6.04. The van der Waals surface area contributed by atoms with Crippen LogP contribution in [0.2, 0.25) is 0 Å². The standard InChI is InChI=1S/C10H12N4O2/c11-5-4-9-13-14-10(16-9)12-7-2-1-3-8(15)6-7/h1-3,6,15H,4-5,11H2,(H,12,14). The molecule has 0 saturated heterocycles. The number of hydrogen-bond donors (Lipinski definition) is 3. The minimum atomic E-state index is 0.173. The number of rotatable bonds is 4. The highest BCUT2D eigenvalue weighted by molar-refractivity contribution is 5.54. The van der Waals surface area contributed by atoms with E-state index in [4.69, 9.17) is 10.2 Å². The summed E-state index contributed by atoms with van der Waals surface area (Å²) >= 11 is 0. The lowest BCUT2D eigenvalue weighted by Gasteiger charge is -2.00. The van der Waals surface area contributed by atoms with E-state index in [9.17, 15) is 5.11 Å². The highest BCUT2D eigenvalue weighted by Gasteiger charge is 2.05. The maximum absolute atomic E-state index is 9.26. The van der Waals surface area contributed by atoms with Gasteiger partial charge in [-0.25, -0.2) is 0 Å². The normalized spacial score (nSPS) is 10.3. The average molecular weight is 220 g/mol. The Morgan fingerprint density at radius 3 is 3.00 bits per heavy atom. The Morgan fingerprint density at radius 1 is 1.38 bits per heavy atom. The molecule has 2 rings (SSSR count). The molecule has 0 aliphatic heterocycles. The summed E-state index contributed by atoms with van der Waals surface area (Å²) in [4.78, 5) is 0. The van der Waals surface area contributed by atoms with Gasteiger partial charge >= 0.3 is 6.01 Å². The molecule has 0 fully saturated rings. The minimum absolute atomic E-state index is 0.173. The van der Waals surface area contributed by atoms with Gasteiger partial charge < -0.3 is 20.6 Å². The first-order valence-corrected chi connectivity index (χ1v) is 4.86. The zero-order chi connectivity index (χ0) is 11.4. The predicted molar refractivity (Wildman–Crippen MR) is 58.4 cm³/mol. The second-order valence-electron chi connectivity index (χ2n) is 3.21. The van der Waals surface area contributed by atoms with Gasteiger partial charge in [-0.1, -0.05) is 11.2 Å². The van der Waals surface area contributed by atoms with E-state index in [-0.39, 0.29) is 11.8 Å². The van der Waals surface area contributed by atoms with Gasteiger partial charge in [0.2, 0.25) is 5.89 Å². The summed E-state index contributed by atoms with van der Waals surface area (Å²) in [7, 11) is 0. The van der Waals surface area contributed by atoms with Gasteiger partial charge in [0.1, 0.15) is 5.75 Å². The van der Waals surface area contributed by atoms with E-state index in [0.29, 0.717) is 24.5 Å². The topological polar surface area (TPSA) is 97.2 Å². The third kappa shape index (κ3) is 2.48. The molecule has 1 aromatic heterocycles. The Morgan fingerprint density at radius 2 is 2.25 bits per heavy atom. The van der Waals surface area contributed by atoms with Crippen LogP contribution in [0.4, 0.5) is 11.7 Å². The number of anilines is 2. The van der Waals surface area contributed by atoms with Crippen molar-refractivity contribution in [2.45, 2.75) is 6.42 Å². The molecule has 0 amide bonds. The Hall–Kier alpha value is -2.08. The lowest BCUT2D eigenvalue weighted by molar-refractivity contribution is 0.475. The van der Waals surface area contributed by atoms with E-state index in [2.05, 4.69) is 15.5 Å². The molecule has 0 saturated carbocycles. The molecular weight excluding hydrogens is 208 g/mol. The Kier molecular flexibility index (Phi) is 3.02. The summed E-state index contributed by atoms with van der Waals surface area (Å²) < 4.78 is 5.27. The van der Waals surface area contributed by atoms with Crippen LogP contribution in [0, 0.1) is 0 Å². The monoisotopic (exact) mass is 220 g/mol. The number of phenols is 1. The maximum Gasteiger partial charge on any atom is 0.320 e. The maximum atomic E-state index is 9.26. The summed E-state index contributed by atoms with van der Waals surface area (Å²) in [6, 6.07) is 6.93. The van der Waals surface area contributed by atoms with Crippen molar-refractivity contribution in [3.05, 3.63) is 30.2 Å². The number of phenolic OH excluding ortho intramolecular Hbond substituents is 1. The van der Waals surface area contributed by atoms with Crippen molar-refractivity contribution in [2.24, 2.45) is 5.73 Å². The number of hydrogen-bond acceptors (Lipinski definition) is 6. The van der Waals surface area contributed by atoms with E-state index in [0.717, 1.165) is 0 Å². The molecule has 16 heavy (non-hydrogen) atoms. The van der Waals surface area contributed by atoms with Crippen LogP contribution in [0.1, 0.15) is 5.89 Å². The molecule has 0 aliphatic carbocycles. The fraction of sp³-hybridized carbons (Fsp3) is 0.200. The molecule has 4 N–H and O–H groups in total.